The van der Waals surface area contributed by atoms with Crippen molar-refractivity contribution in [2.45, 2.75) is 20.3 Å². The molecule has 0 aromatic heterocycles. The highest BCUT2D eigenvalue weighted by Crippen LogP contribution is 2.25. The molecule has 25 heavy (non-hydrogen) atoms. The number of nitro benzene ring substituents is 1. The van der Waals surface area contributed by atoms with Crippen molar-refractivity contribution in [2.24, 2.45) is 11.8 Å². The first-order chi connectivity index (χ1) is 11.8. The number of hydrogen-bond donors (Lipinski definition) is 0. The van der Waals surface area contributed by atoms with Crippen molar-refractivity contribution in [3.63, 3.8) is 0 Å². The molecule has 0 N–H and O–H groups in total. The van der Waals surface area contributed by atoms with Gasteiger partial charge in [0.05, 0.1) is 12.0 Å². The van der Waals surface area contributed by atoms with E-state index in [-0.39, 0.29) is 22.9 Å². The molecule has 0 aliphatic carbocycles. The van der Waals surface area contributed by atoms with E-state index in [0.29, 0.717) is 24.9 Å². The van der Waals surface area contributed by atoms with Crippen molar-refractivity contribution in [1.82, 2.24) is 4.90 Å². The molecule has 1 aliphatic heterocycles. The monoisotopic (exact) mass is 350 g/mol. The van der Waals surface area contributed by atoms with Gasteiger partial charge in [0.15, 0.2) is 6.61 Å². The highest BCUT2D eigenvalue weighted by Gasteiger charge is 2.26. The largest absolute Gasteiger partial charge is 0.496 e. The Morgan fingerprint density at radius 2 is 1.92 bits per heavy atom. The number of nitrogens with zero attached hydrogens (tertiary/aromatic N) is 2. The molecule has 1 aliphatic rings. The summed E-state index contributed by atoms with van der Waals surface area (Å²) in [6.07, 6.45) is 1.06. The second-order valence-electron chi connectivity index (χ2n) is 6.46. The molecule has 8 nitrogen and oxygen atoms in total. The molecule has 0 saturated carbocycles. The van der Waals surface area contributed by atoms with E-state index in [1.54, 1.807) is 4.90 Å². The van der Waals surface area contributed by atoms with Crippen LogP contribution in [0.2, 0.25) is 0 Å². The lowest BCUT2D eigenvalue weighted by Crippen LogP contribution is -2.44. The van der Waals surface area contributed by atoms with Crippen molar-refractivity contribution in [2.75, 3.05) is 26.8 Å². The fourth-order valence-corrected chi connectivity index (χ4v) is 3.13. The normalized spacial score (nSPS) is 20.0. The Morgan fingerprint density at radius 3 is 2.48 bits per heavy atom. The molecule has 1 aromatic rings. The number of non-ortho nitro benzene ring substituents is 1. The zero-order valence-electron chi connectivity index (χ0n) is 14.6. The zero-order chi connectivity index (χ0) is 18.6. The Kier molecular flexibility index (Phi) is 5.95. The minimum atomic E-state index is -0.827. The summed E-state index contributed by atoms with van der Waals surface area (Å²) >= 11 is 0. The van der Waals surface area contributed by atoms with Gasteiger partial charge in [0.2, 0.25) is 0 Å². The average molecular weight is 350 g/mol. The maximum absolute atomic E-state index is 12.3. The average Bonchev–Trinajstić information content (AvgIpc) is 2.57. The molecular formula is C17H22N2O6. The first-order valence-electron chi connectivity index (χ1n) is 8.09. The Labute approximate surface area is 145 Å². The predicted molar refractivity (Wildman–Crippen MR) is 89.5 cm³/mol. The van der Waals surface area contributed by atoms with E-state index in [2.05, 4.69) is 13.8 Å². The number of amides is 1. The van der Waals surface area contributed by atoms with Crippen molar-refractivity contribution in [3.8, 4) is 5.75 Å². The Balaban J connectivity index is 2.03. The van der Waals surface area contributed by atoms with Gasteiger partial charge in [0, 0.05) is 25.2 Å². The van der Waals surface area contributed by atoms with Crippen LogP contribution in [-0.4, -0.2) is 48.5 Å². The fourth-order valence-electron chi connectivity index (χ4n) is 3.13. The van der Waals surface area contributed by atoms with E-state index in [1.807, 2.05) is 0 Å². The predicted octanol–water partition coefficient (Wildman–Crippen LogP) is 2.26. The third-order valence-electron chi connectivity index (χ3n) is 4.16. The molecule has 0 unspecified atom stereocenters. The summed E-state index contributed by atoms with van der Waals surface area (Å²) in [6.45, 7) is 5.04. The molecule has 0 bridgehead atoms. The lowest BCUT2D eigenvalue weighted by molar-refractivity contribution is -0.384. The second-order valence-corrected chi connectivity index (χ2v) is 6.46. The Hall–Kier alpha value is -2.64. The van der Waals surface area contributed by atoms with Crippen LogP contribution in [0.15, 0.2) is 18.2 Å². The third kappa shape index (κ3) is 4.68. The molecule has 1 heterocycles. The molecular weight excluding hydrogens is 328 g/mol. The summed E-state index contributed by atoms with van der Waals surface area (Å²) in [5.41, 5.74) is -0.331. The number of hydrogen-bond acceptors (Lipinski definition) is 6. The summed E-state index contributed by atoms with van der Waals surface area (Å²) in [6, 6.07) is 3.64. The number of carbonyl (C=O) groups excluding carboxylic acids is 2. The maximum atomic E-state index is 12.3. The van der Waals surface area contributed by atoms with Gasteiger partial charge < -0.3 is 14.4 Å². The highest BCUT2D eigenvalue weighted by molar-refractivity contribution is 5.94. The summed E-state index contributed by atoms with van der Waals surface area (Å²) in [4.78, 5) is 36.4. The minimum absolute atomic E-state index is 0.0788. The van der Waals surface area contributed by atoms with Gasteiger partial charge in [-0.2, -0.15) is 0 Å². The van der Waals surface area contributed by atoms with E-state index in [4.69, 9.17) is 9.47 Å². The molecule has 1 fully saturated rings. The summed E-state index contributed by atoms with van der Waals surface area (Å²) < 4.78 is 10.1. The molecule has 2 rings (SSSR count). The zero-order valence-corrected chi connectivity index (χ0v) is 14.6. The molecule has 1 saturated heterocycles. The van der Waals surface area contributed by atoms with Crippen LogP contribution in [0.1, 0.15) is 30.6 Å². The van der Waals surface area contributed by atoms with Crippen LogP contribution in [-0.2, 0) is 9.53 Å². The van der Waals surface area contributed by atoms with Crippen LogP contribution in [0.5, 0.6) is 5.75 Å². The number of methoxy groups -OCH3 is 1. The summed E-state index contributed by atoms with van der Waals surface area (Å²) in [7, 11) is 1.35. The van der Waals surface area contributed by atoms with Gasteiger partial charge in [-0.15, -0.1) is 0 Å². The smallest absolute Gasteiger partial charge is 0.342 e. The van der Waals surface area contributed by atoms with E-state index in [0.717, 1.165) is 12.5 Å². The maximum Gasteiger partial charge on any atom is 0.342 e. The van der Waals surface area contributed by atoms with Crippen molar-refractivity contribution >= 4 is 17.6 Å². The first kappa shape index (κ1) is 18.7. The highest BCUT2D eigenvalue weighted by atomic mass is 16.6. The number of benzene rings is 1. The molecule has 1 amide bonds. The number of nitro groups is 1. The number of esters is 1. The van der Waals surface area contributed by atoms with Crippen LogP contribution in [0.4, 0.5) is 5.69 Å². The van der Waals surface area contributed by atoms with E-state index in [1.165, 1.54) is 19.2 Å². The number of ether oxygens (including phenoxy) is 2. The molecule has 136 valence electrons. The number of rotatable bonds is 5. The Bertz CT molecular complexity index is 665. The Morgan fingerprint density at radius 1 is 1.28 bits per heavy atom. The first-order valence-corrected chi connectivity index (χ1v) is 8.09. The van der Waals surface area contributed by atoms with Crippen LogP contribution in [0.25, 0.3) is 0 Å². The van der Waals surface area contributed by atoms with Crippen LogP contribution < -0.4 is 4.74 Å². The summed E-state index contributed by atoms with van der Waals surface area (Å²) in [5, 5.41) is 10.9. The molecule has 0 radical (unpaired) electrons. The third-order valence-corrected chi connectivity index (χ3v) is 4.16. The van der Waals surface area contributed by atoms with Gasteiger partial charge in [0.25, 0.3) is 11.6 Å². The molecule has 8 heteroatoms. The van der Waals surface area contributed by atoms with Crippen molar-refractivity contribution < 1.29 is 24.0 Å². The minimum Gasteiger partial charge on any atom is -0.496 e. The van der Waals surface area contributed by atoms with Gasteiger partial charge in [0.1, 0.15) is 11.3 Å². The quantitative estimate of drug-likeness (QED) is 0.459. The van der Waals surface area contributed by atoms with Crippen molar-refractivity contribution in [1.29, 1.82) is 0 Å². The fraction of sp³-hybridized carbons (Fsp3) is 0.529. The van der Waals surface area contributed by atoms with E-state index >= 15 is 0 Å². The van der Waals surface area contributed by atoms with Gasteiger partial charge in [-0.05, 0) is 24.3 Å². The number of carbonyl (C=O) groups is 2. The van der Waals surface area contributed by atoms with Gasteiger partial charge in [-0.1, -0.05) is 13.8 Å². The van der Waals surface area contributed by atoms with Gasteiger partial charge in [-0.3, -0.25) is 14.9 Å². The van der Waals surface area contributed by atoms with E-state index in [9.17, 15) is 19.7 Å². The topological polar surface area (TPSA) is 99.0 Å². The standard InChI is InChI=1S/C17H22N2O6/c1-11-6-12(2)9-18(8-11)16(20)10-25-17(21)14-7-13(19(22)23)4-5-15(14)24-3/h4-5,7,11-12H,6,8-10H2,1-3H3/t11-,12+. The lowest BCUT2D eigenvalue weighted by atomic mass is 9.92. The van der Waals surface area contributed by atoms with Crippen LogP contribution in [0, 0.1) is 22.0 Å². The molecule has 0 spiro atoms. The van der Waals surface area contributed by atoms with Crippen molar-refractivity contribution in [3.05, 3.63) is 33.9 Å². The van der Waals surface area contributed by atoms with Crippen LogP contribution >= 0.6 is 0 Å². The second kappa shape index (κ2) is 7.96. The van der Waals surface area contributed by atoms with Gasteiger partial charge in [-0.25, -0.2) is 4.79 Å². The molecule has 1 aromatic carbocycles. The van der Waals surface area contributed by atoms with E-state index < -0.39 is 17.5 Å². The lowest BCUT2D eigenvalue weighted by Gasteiger charge is -2.34. The van der Waals surface area contributed by atoms with Gasteiger partial charge >= 0.3 is 5.97 Å². The number of likely N-dealkylation sites (tertiary alicyclic amines) is 1. The van der Waals surface area contributed by atoms with Crippen LogP contribution in [0.3, 0.4) is 0 Å². The SMILES string of the molecule is COc1ccc([N+](=O)[O-])cc1C(=O)OCC(=O)N1C[C@H](C)C[C@H](C)C1. The summed E-state index contributed by atoms with van der Waals surface area (Å²) in [5.74, 6) is -0.132. The molecule has 2 atom stereocenters. The number of piperidine rings is 1.